The van der Waals surface area contributed by atoms with Crippen LogP contribution in [-0.2, 0) is 29.0 Å². The number of nitrogens with zero attached hydrogens (tertiary/aromatic N) is 2. The van der Waals surface area contributed by atoms with Crippen molar-refractivity contribution < 1.29 is 31.1 Å². The van der Waals surface area contributed by atoms with Crippen molar-refractivity contribution in [2.45, 2.75) is 50.2 Å². The first-order valence-electron chi connectivity index (χ1n) is 11.7. The van der Waals surface area contributed by atoms with Crippen LogP contribution in [0.4, 0.5) is 26.3 Å². The Morgan fingerprint density at radius 3 is 2.27 bits per heavy atom. The van der Waals surface area contributed by atoms with Gasteiger partial charge in [0.05, 0.1) is 30.4 Å². The van der Waals surface area contributed by atoms with Crippen LogP contribution in [0, 0.1) is 0 Å². The number of likely N-dealkylation sites (tertiary alicyclic amines) is 1. The Morgan fingerprint density at radius 1 is 1.03 bits per heavy atom. The number of nitrogens with one attached hydrogen (secondary N) is 2. The minimum Gasteiger partial charge on any atom is -0.373 e. The van der Waals surface area contributed by atoms with Crippen LogP contribution in [0.2, 0.25) is 0 Å². The van der Waals surface area contributed by atoms with Gasteiger partial charge in [-0.2, -0.15) is 31.4 Å². The van der Waals surface area contributed by atoms with Crippen LogP contribution in [0.25, 0.3) is 0 Å². The zero-order valence-electron chi connectivity index (χ0n) is 19.9. The second kappa shape index (κ2) is 10.3. The van der Waals surface area contributed by atoms with Gasteiger partial charge in [0.15, 0.2) is 0 Å². The number of aromatic amines is 2. The SMILES string of the molecule is CC(OCC1(c2ccccc2)CCN(Cc2n[nH]c(=O)[nH]2)CC1)c1ccc(C(F)(F)F)cc1C(F)(F)F. The number of hydrogen-bond donors (Lipinski definition) is 2. The number of ether oxygens (including phenoxy) is 1. The van der Waals surface area contributed by atoms with Crippen molar-refractivity contribution in [2.75, 3.05) is 19.7 Å². The lowest BCUT2D eigenvalue weighted by atomic mass is 9.73. The van der Waals surface area contributed by atoms with Gasteiger partial charge in [0.1, 0.15) is 5.82 Å². The molecule has 1 aliphatic heterocycles. The predicted molar refractivity (Wildman–Crippen MR) is 123 cm³/mol. The lowest BCUT2D eigenvalue weighted by Crippen LogP contribution is -2.45. The Hall–Kier alpha value is -3.12. The first-order chi connectivity index (χ1) is 17.4. The topological polar surface area (TPSA) is 74.0 Å². The van der Waals surface area contributed by atoms with E-state index in [1.165, 1.54) is 6.92 Å². The van der Waals surface area contributed by atoms with Crippen LogP contribution in [0.5, 0.6) is 0 Å². The molecule has 200 valence electrons. The second-order valence-corrected chi connectivity index (χ2v) is 9.30. The first-order valence-corrected chi connectivity index (χ1v) is 11.7. The molecule has 1 fully saturated rings. The predicted octanol–water partition coefficient (Wildman–Crippen LogP) is 5.45. The van der Waals surface area contributed by atoms with Crippen molar-refractivity contribution in [2.24, 2.45) is 0 Å². The van der Waals surface area contributed by atoms with E-state index < -0.39 is 40.7 Å². The van der Waals surface area contributed by atoms with Gasteiger partial charge in [-0.25, -0.2) is 9.89 Å². The van der Waals surface area contributed by atoms with E-state index in [1.54, 1.807) is 0 Å². The van der Waals surface area contributed by atoms with Gasteiger partial charge in [-0.3, -0.25) is 9.88 Å². The Bertz CT molecular complexity index is 1240. The third kappa shape index (κ3) is 6.24. The minimum atomic E-state index is -4.97. The number of rotatable bonds is 7. The molecule has 1 aromatic heterocycles. The van der Waals surface area contributed by atoms with Gasteiger partial charge < -0.3 is 4.74 Å². The largest absolute Gasteiger partial charge is 0.416 e. The smallest absolute Gasteiger partial charge is 0.373 e. The summed E-state index contributed by atoms with van der Waals surface area (Å²) in [5, 5.41) is 6.25. The number of piperidine rings is 1. The molecule has 0 amide bonds. The number of alkyl halides is 6. The molecule has 0 aliphatic carbocycles. The maximum Gasteiger partial charge on any atom is 0.416 e. The van der Waals surface area contributed by atoms with Crippen molar-refractivity contribution in [1.29, 1.82) is 0 Å². The van der Waals surface area contributed by atoms with Crippen LogP contribution < -0.4 is 5.69 Å². The summed E-state index contributed by atoms with van der Waals surface area (Å²) in [6, 6.07) is 11.1. The molecule has 6 nitrogen and oxygen atoms in total. The zero-order valence-corrected chi connectivity index (χ0v) is 19.9. The molecule has 37 heavy (non-hydrogen) atoms. The second-order valence-electron chi connectivity index (χ2n) is 9.30. The third-order valence-electron chi connectivity index (χ3n) is 6.86. The fraction of sp³-hybridized carbons (Fsp3) is 0.440. The van der Waals surface area contributed by atoms with Crippen molar-refractivity contribution in [3.8, 4) is 0 Å². The number of halogens is 6. The average molecular weight is 528 g/mol. The summed E-state index contributed by atoms with van der Waals surface area (Å²) in [7, 11) is 0. The third-order valence-corrected chi connectivity index (χ3v) is 6.86. The molecule has 4 rings (SSSR count). The minimum absolute atomic E-state index is 0.0869. The molecule has 2 N–H and O–H groups in total. The Balaban J connectivity index is 1.53. The fourth-order valence-electron chi connectivity index (χ4n) is 4.75. The van der Waals surface area contributed by atoms with E-state index in [1.807, 2.05) is 30.3 Å². The summed E-state index contributed by atoms with van der Waals surface area (Å²) in [5.74, 6) is 0.504. The Labute approximate surface area is 208 Å². The van der Waals surface area contributed by atoms with E-state index in [4.69, 9.17) is 4.74 Å². The molecule has 1 aliphatic rings. The number of aromatic nitrogens is 3. The lowest BCUT2D eigenvalue weighted by Gasteiger charge is -2.42. The highest BCUT2D eigenvalue weighted by molar-refractivity contribution is 5.37. The summed E-state index contributed by atoms with van der Waals surface area (Å²) in [6.45, 7) is 3.18. The first kappa shape index (κ1) is 26.9. The quantitative estimate of drug-likeness (QED) is 0.400. The van der Waals surface area contributed by atoms with E-state index in [0.29, 0.717) is 44.4 Å². The molecular weight excluding hydrogens is 502 g/mol. The highest BCUT2D eigenvalue weighted by Gasteiger charge is 2.41. The van der Waals surface area contributed by atoms with E-state index in [9.17, 15) is 31.1 Å². The molecule has 0 saturated carbocycles. The highest BCUT2D eigenvalue weighted by Crippen LogP contribution is 2.41. The summed E-state index contributed by atoms with van der Waals surface area (Å²) in [6.07, 6.45) is -9.71. The van der Waals surface area contributed by atoms with E-state index in [-0.39, 0.29) is 18.2 Å². The number of H-pyrrole nitrogens is 2. The maximum absolute atomic E-state index is 13.7. The number of benzene rings is 2. The van der Waals surface area contributed by atoms with Gasteiger partial charge in [0, 0.05) is 5.41 Å². The van der Waals surface area contributed by atoms with Crippen LogP contribution in [0.15, 0.2) is 53.3 Å². The van der Waals surface area contributed by atoms with Crippen LogP contribution in [-0.4, -0.2) is 39.8 Å². The van der Waals surface area contributed by atoms with Crippen LogP contribution in [0.1, 0.15) is 53.9 Å². The summed E-state index contributed by atoms with van der Waals surface area (Å²) in [5.41, 5.74) is -2.99. The molecule has 0 spiro atoms. The van der Waals surface area contributed by atoms with Gasteiger partial charge in [0.25, 0.3) is 0 Å². The zero-order chi connectivity index (χ0) is 26.8. The van der Waals surface area contributed by atoms with Gasteiger partial charge >= 0.3 is 18.0 Å². The van der Waals surface area contributed by atoms with Crippen molar-refractivity contribution >= 4 is 0 Å². The maximum atomic E-state index is 13.7. The highest BCUT2D eigenvalue weighted by atomic mass is 19.4. The fourth-order valence-corrected chi connectivity index (χ4v) is 4.75. The van der Waals surface area contributed by atoms with Gasteiger partial charge in [-0.15, -0.1) is 0 Å². The van der Waals surface area contributed by atoms with Crippen LogP contribution in [0.3, 0.4) is 0 Å². The average Bonchev–Trinajstić information content (AvgIpc) is 3.27. The molecule has 12 heteroatoms. The molecular formula is C25H26F6N4O2. The monoisotopic (exact) mass is 528 g/mol. The molecule has 0 bridgehead atoms. The standard InChI is InChI=1S/C25H26F6N4O2/c1-16(19-8-7-18(24(26,27)28)13-20(19)25(29,30)31)37-15-23(17-5-3-2-4-6-17)9-11-35(12-10-23)14-21-32-22(36)34-33-21/h2-8,13,16H,9-12,14-15H2,1H3,(H2,32,33,34,36). The molecule has 2 heterocycles. The van der Waals surface area contributed by atoms with E-state index in [2.05, 4.69) is 20.1 Å². The summed E-state index contributed by atoms with van der Waals surface area (Å²) < 4.78 is 86.2. The van der Waals surface area contributed by atoms with Gasteiger partial charge in [0.2, 0.25) is 0 Å². The molecule has 0 radical (unpaired) electrons. The Morgan fingerprint density at radius 2 is 1.70 bits per heavy atom. The normalized spacial score (nSPS) is 17.6. The number of hydrogen-bond acceptors (Lipinski definition) is 4. The van der Waals surface area contributed by atoms with Crippen molar-refractivity contribution in [3.63, 3.8) is 0 Å². The van der Waals surface area contributed by atoms with Crippen molar-refractivity contribution in [3.05, 3.63) is 87.1 Å². The summed E-state index contributed by atoms with van der Waals surface area (Å²) >= 11 is 0. The Kier molecular flexibility index (Phi) is 7.52. The summed E-state index contributed by atoms with van der Waals surface area (Å²) in [4.78, 5) is 16.0. The lowest BCUT2D eigenvalue weighted by molar-refractivity contribution is -0.144. The van der Waals surface area contributed by atoms with Gasteiger partial charge in [-0.05, 0) is 56.1 Å². The van der Waals surface area contributed by atoms with Crippen LogP contribution >= 0.6 is 0 Å². The van der Waals surface area contributed by atoms with Crippen molar-refractivity contribution in [1.82, 2.24) is 20.1 Å². The molecule has 3 aromatic rings. The van der Waals surface area contributed by atoms with E-state index in [0.717, 1.165) is 11.6 Å². The van der Waals surface area contributed by atoms with Gasteiger partial charge in [-0.1, -0.05) is 36.4 Å². The molecule has 1 atom stereocenters. The molecule has 1 unspecified atom stereocenters. The van der Waals surface area contributed by atoms with E-state index >= 15 is 0 Å². The molecule has 2 aromatic carbocycles. The molecule has 1 saturated heterocycles.